The standard InChI is InChI=1S/C20H13F29N2O2/c1-51(2,53)5-3-4-50-6(52)7(21,22)8(23,24)9(25,26)10(27,28)11(29,30)12(31,32)13(33,34)14(35,36)15(37,38)16(39,40)17(41,42)18(43,44)19(45,46)20(47,48)49/h53H,3-5H2,1-2H3/p+1. The molecule has 0 aliphatic heterocycles. The van der Waals surface area contributed by atoms with E-state index in [0.29, 0.717) is 5.32 Å². The van der Waals surface area contributed by atoms with Crippen LogP contribution in [0, 0.1) is 0 Å². The zero-order chi connectivity index (χ0) is 43.9. The predicted molar refractivity (Wildman–Crippen MR) is 107 cm³/mol. The molecule has 0 rings (SSSR count). The molecule has 0 aliphatic rings. The zero-order valence-corrected chi connectivity index (χ0v) is 24.4. The van der Waals surface area contributed by atoms with Crippen molar-refractivity contribution in [3.8, 4) is 0 Å². The molecule has 0 aromatic rings. The number of hydroxylamine groups is 3. The zero-order valence-electron chi connectivity index (χ0n) is 24.4. The van der Waals surface area contributed by atoms with Crippen LogP contribution in [0.25, 0.3) is 0 Å². The van der Waals surface area contributed by atoms with E-state index in [1.807, 2.05) is 0 Å². The molecule has 0 saturated heterocycles. The van der Waals surface area contributed by atoms with Crippen LogP contribution in [-0.4, -0.2) is 126 Å². The summed E-state index contributed by atoms with van der Waals surface area (Å²) in [7, 11) is 1.76. The Morgan fingerprint density at radius 1 is 0.415 bits per heavy atom. The smallest absolute Gasteiger partial charge is 0.350 e. The second-order valence-corrected chi connectivity index (χ2v) is 10.9. The van der Waals surface area contributed by atoms with Crippen LogP contribution >= 0.6 is 0 Å². The molecule has 33 heteroatoms. The Morgan fingerprint density at radius 2 is 0.623 bits per heavy atom. The molecule has 53 heavy (non-hydrogen) atoms. The van der Waals surface area contributed by atoms with E-state index in [1.165, 1.54) is 0 Å². The molecule has 0 spiro atoms. The van der Waals surface area contributed by atoms with Gasteiger partial charge >= 0.3 is 83.2 Å². The minimum Gasteiger partial charge on any atom is -0.350 e. The fourth-order valence-electron chi connectivity index (χ4n) is 3.27. The molecule has 0 aromatic carbocycles. The highest BCUT2D eigenvalue weighted by atomic mass is 19.4. The minimum atomic E-state index is -10.00. The van der Waals surface area contributed by atoms with Gasteiger partial charge in [-0.05, 0) is 0 Å². The van der Waals surface area contributed by atoms with E-state index >= 15 is 0 Å². The van der Waals surface area contributed by atoms with Gasteiger partial charge < -0.3 is 5.32 Å². The maximum Gasteiger partial charge on any atom is 0.460 e. The number of halogens is 29. The molecule has 4 nitrogen and oxygen atoms in total. The fraction of sp³-hybridized carbons (Fsp3) is 0.950. The molecule has 0 heterocycles. The average Bonchev–Trinajstić information content (AvgIpc) is 2.92. The van der Waals surface area contributed by atoms with Crippen molar-refractivity contribution in [2.24, 2.45) is 0 Å². The Hall–Kier alpha value is -2.64. The number of rotatable bonds is 17. The number of amides is 1. The Balaban J connectivity index is 7.32. The van der Waals surface area contributed by atoms with Gasteiger partial charge in [0.05, 0.1) is 14.1 Å². The van der Waals surface area contributed by atoms with E-state index in [1.54, 1.807) is 0 Å². The predicted octanol–water partition coefficient (Wildman–Crippen LogP) is 8.78. The second-order valence-electron chi connectivity index (χ2n) is 10.9. The third-order valence-electron chi connectivity index (χ3n) is 6.54. The summed E-state index contributed by atoms with van der Waals surface area (Å²) in [6, 6.07) is 0. The van der Waals surface area contributed by atoms with Gasteiger partial charge in [0.2, 0.25) is 0 Å². The Kier molecular flexibility index (Phi) is 12.3. The average molecular weight is 865 g/mol. The summed E-state index contributed by atoms with van der Waals surface area (Å²) >= 11 is 0. The topological polar surface area (TPSA) is 49.3 Å². The van der Waals surface area contributed by atoms with Crippen molar-refractivity contribution in [2.45, 2.75) is 89.6 Å². The first kappa shape index (κ1) is 50.4. The van der Waals surface area contributed by atoms with Crippen LogP contribution in [-0.2, 0) is 4.79 Å². The van der Waals surface area contributed by atoms with Gasteiger partial charge in [0.25, 0.3) is 5.91 Å². The van der Waals surface area contributed by atoms with Crippen molar-refractivity contribution in [1.29, 1.82) is 0 Å². The summed E-state index contributed by atoms with van der Waals surface area (Å²) in [5.41, 5.74) is 0. The summed E-state index contributed by atoms with van der Waals surface area (Å²) < 4.78 is 391. The van der Waals surface area contributed by atoms with Crippen LogP contribution in [0.4, 0.5) is 127 Å². The van der Waals surface area contributed by atoms with Crippen molar-refractivity contribution >= 4 is 5.91 Å². The molecule has 0 aliphatic carbocycles. The molecule has 1 amide bonds. The van der Waals surface area contributed by atoms with E-state index in [2.05, 4.69) is 0 Å². The summed E-state index contributed by atoms with van der Waals surface area (Å²) in [5, 5.41) is 9.77. The molecule has 0 radical (unpaired) electrons. The molecule has 0 unspecified atom stereocenters. The monoisotopic (exact) mass is 865 g/mol. The molecule has 318 valence electrons. The first-order chi connectivity index (χ1) is 22.4. The van der Waals surface area contributed by atoms with Gasteiger partial charge in [0.1, 0.15) is 6.54 Å². The number of quaternary nitrogens is 1. The molecular weight excluding hydrogens is 851 g/mol. The summed E-state index contributed by atoms with van der Waals surface area (Å²) in [4.78, 5) is 11.3. The summed E-state index contributed by atoms with van der Waals surface area (Å²) in [6.07, 6.45) is -9.17. The minimum absolute atomic E-state index is 0.508. The summed E-state index contributed by atoms with van der Waals surface area (Å²) in [5.74, 6) is -126. The van der Waals surface area contributed by atoms with Crippen LogP contribution in [0.3, 0.4) is 0 Å². The number of hydrogen-bond acceptors (Lipinski definition) is 2. The highest BCUT2D eigenvalue weighted by Crippen LogP contribution is 2.69. The first-order valence-corrected chi connectivity index (χ1v) is 12.2. The van der Waals surface area contributed by atoms with E-state index in [4.69, 9.17) is 0 Å². The van der Waals surface area contributed by atoms with Gasteiger partial charge in [-0.1, -0.05) is 0 Å². The van der Waals surface area contributed by atoms with Crippen molar-refractivity contribution in [1.82, 2.24) is 5.32 Å². The van der Waals surface area contributed by atoms with Crippen molar-refractivity contribution in [3.63, 3.8) is 0 Å². The Labute approximate surface area is 271 Å². The lowest BCUT2D eigenvalue weighted by molar-refractivity contribution is -1.07. The SMILES string of the molecule is C[N+](C)(O)CCCNC(=O)C(F)(F)C(F)(F)C(F)(F)C(F)(F)C(F)(F)C(F)(F)C(F)(F)C(F)(F)C(F)(F)C(F)(F)C(F)(F)C(F)(F)C(F)(F)C(F)(F)F. The second kappa shape index (κ2) is 13.0. The molecule has 0 bridgehead atoms. The maximum atomic E-state index is 14.0. The normalized spacial score (nSPS) is 16.6. The van der Waals surface area contributed by atoms with Gasteiger partial charge in [-0.3, -0.25) is 4.79 Å². The molecule has 0 aromatic heterocycles. The molecule has 2 N–H and O–H groups in total. The maximum absolute atomic E-state index is 14.0. The third kappa shape index (κ3) is 6.72. The fourth-order valence-corrected chi connectivity index (χ4v) is 3.27. The third-order valence-corrected chi connectivity index (χ3v) is 6.54. The number of carbonyl (C=O) groups excluding carboxylic acids is 1. The molecule has 0 saturated carbocycles. The number of nitrogens with one attached hydrogen (secondary N) is 1. The van der Waals surface area contributed by atoms with E-state index in [9.17, 15) is 137 Å². The van der Waals surface area contributed by atoms with Crippen molar-refractivity contribution in [3.05, 3.63) is 0 Å². The number of nitrogens with zero attached hydrogens (tertiary/aromatic N) is 1. The highest BCUT2D eigenvalue weighted by molar-refractivity contribution is 5.84. The Bertz CT molecular complexity index is 1330. The van der Waals surface area contributed by atoms with E-state index in [0.717, 1.165) is 14.1 Å². The van der Waals surface area contributed by atoms with Gasteiger partial charge in [0.15, 0.2) is 0 Å². The molecule has 0 atom stereocenters. The van der Waals surface area contributed by atoms with Crippen LogP contribution < -0.4 is 5.32 Å². The Morgan fingerprint density at radius 3 is 0.830 bits per heavy atom. The number of hydrogen-bond donors (Lipinski definition) is 2. The van der Waals surface area contributed by atoms with Crippen LogP contribution in [0.2, 0.25) is 0 Å². The van der Waals surface area contributed by atoms with E-state index < -0.39 is 113 Å². The van der Waals surface area contributed by atoms with Crippen LogP contribution in [0.1, 0.15) is 6.42 Å². The first-order valence-electron chi connectivity index (χ1n) is 12.2. The van der Waals surface area contributed by atoms with Gasteiger partial charge in [-0.25, -0.2) is 5.21 Å². The number of carbonyl (C=O) groups is 1. The van der Waals surface area contributed by atoms with Crippen molar-refractivity contribution in [2.75, 3.05) is 27.2 Å². The van der Waals surface area contributed by atoms with Gasteiger partial charge in [0, 0.05) is 13.0 Å². The van der Waals surface area contributed by atoms with Gasteiger partial charge in [-0.2, -0.15) is 132 Å². The lowest BCUT2D eigenvalue weighted by Crippen LogP contribution is -2.79. The quantitative estimate of drug-likeness (QED) is 0.0666. The van der Waals surface area contributed by atoms with Crippen LogP contribution in [0.5, 0.6) is 0 Å². The summed E-state index contributed by atoms with van der Waals surface area (Å²) in [6.45, 7) is -2.15. The number of alkyl halides is 29. The molecule has 0 fully saturated rings. The largest absolute Gasteiger partial charge is 0.460 e. The van der Waals surface area contributed by atoms with Gasteiger partial charge in [-0.15, -0.1) is 0 Å². The van der Waals surface area contributed by atoms with Crippen molar-refractivity contribution < 1.29 is 142 Å². The van der Waals surface area contributed by atoms with Crippen LogP contribution in [0.15, 0.2) is 0 Å². The highest BCUT2D eigenvalue weighted by Gasteiger charge is 3.01. The lowest BCUT2D eigenvalue weighted by atomic mass is 9.83. The lowest BCUT2D eigenvalue weighted by Gasteiger charge is -2.46. The van der Waals surface area contributed by atoms with E-state index in [-0.39, 0.29) is 0 Å². The molecular formula is C20H14F29N2O2+.